The first-order valence-corrected chi connectivity index (χ1v) is 10.3. The SMILES string of the molecule is COc1ccc(Nc2ccnc3sc4c(=O)n(-c5ccc(OC)cc5)cnc4c23)cc1. The first-order valence-electron chi connectivity index (χ1n) is 9.52. The number of aromatic nitrogens is 3. The molecule has 31 heavy (non-hydrogen) atoms. The van der Waals surface area contributed by atoms with Crippen molar-refractivity contribution >= 4 is 43.1 Å². The number of benzene rings is 2. The number of thiophene rings is 1. The summed E-state index contributed by atoms with van der Waals surface area (Å²) >= 11 is 1.34. The Labute approximate surface area is 181 Å². The Kier molecular flexibility index (Phi) is 4.76. The van der Waals surface area contributed by atoms with Crippen LogP contribution in [-0.2, 0) is 0 Å². The predicted molar refractivity (Wildman–Crippen MR) is 123 cm³/mol. The molecule has 0 amide bonds. The number of nitrogens with one attached hydrogen (secondary N) is 1. The molecule has 154 valence electrons. The highest BCUT2D eigenvalue weighted by Gasteiger charge is 2.16. The molecule has 1 N–H and O–H groups in total. The third-order valence-electron chi connectivity index (χ3n) is 5.00. The van der Waals surface area contributed by atoms with Gasteiger partial charge in [-0.2, -0.15) is 0 Å². The number of hydrogen-bond acceptors (Lipinski definition) is 7. The summed E-state index contributed by atoms with van der Waals surface area (Å²) in [5, 5.41) is 4.23. The van der Waals surface area contributed by atoms with Crippen molar-refractivity contribution in [2.24, 2.45) is 0 Å². The minimum absolute atomic E-state index is 0.131. The summed E-state index contributed by atoms with van der Waals surface area (Å²) in [6, 6.07) is 16.8. The van der Waals surface area contributed by atoms with E-state index in [0.717, 1.165) is 38.8 Å². The number of anilines is 2. The van der Waals surface area contributed by atoms with E-state index in [-0.39, 0.29) is 5.56 Å². The summed E-state index contributed by atoms with van der Waals surface area (Å²) in [7, 11) is 3.24. The van der Waals surface area contributed by atoms with Crippen LogP contribution in [0.5, 0.6) is 11.5 Å². The minimum atomic E-state index is -0.131. The van der Waals surface area contributed by atoms with Crippen LogP contribution >= 0.6 is 11.3 Å². The van der Waals surface area contributed by atoms with Gasteiger partial charge in [0.25, 0.3) is 5.56 Å². The fourth-order valence-electron chi connectivity index (χ4n) is 3.41. The zero-order valence-electron chi connectivity index (χ0n) is 16.8. The summed E-state index contributed by atoms with van der Waals surface area (Å²) in [5.74, 6) is 1.51. The van der Waals surface area contributed by atoms with Gasteiger partial charge in [-0.3, -0.25) is 9.36 Å². The minimum Gasteiger partial charge on any atom is -0.497 e. The smallest absolute Gasteiger partial charge is 0.275 e. The molecule has 0 bridgehead atoms. The van der Waals surface area contributed by atoms with Gasteiger partial charge in [-0.25, -0.2) is 9.97 Å². The van der Waals surface area contributed by atoms with Crippen LogP contribution in [0.3, 0.4) is 0 Å². The number of pyridine rings is 1. The van der Waals surface area contributed by atoms with E-state index in [1.54, 1.807) is 26.7 Å². The molecule has 8 heteroatoms. The quantitative estimate of drug-likeness (QED) is 0.433. The average Bonchev–Trinajstić information content (AvgIpc) is 3.21. The van der Waals surface area contributed by atoms with Crippen molar-refractivity contribution in [2.45, 2.75) is 0 Å². The van der Waals surface area contributed by atoms with E-state index < -0.39 is 0 Å². The normalized spacial score (nSPS) is 11.0. The molecule has 3 heterocycles. The lowest BCUT2D eigenvalue weighted by molar-refractivity contribution is 0.414. The molecule has 0 aliphatic heterocycles. The van der Waals surface area contributed by atoms with Crippen LogP contribution in [0.15, 0.2) is 71.9 Å². The molecule has 5 rings (SSSR count). The van der Waals surface area contributed by atoms with Gasteiger partial charge in [0.05, 0.1) is 31.0 Å². The standard InChI is InChI=1S/C23H18N4O3S/c1-29-16-7-3-14(4-8-16)26-18-11-12-24-22-19(18)20-21(31-22)23(28)27(13-25-20)15-5-9-17(30-2)10-6-15/h3-13H,1-2H3,(H,24,26). The number of fused-ring (bicyclic) bond motifs is 3. The molecule has 0 aliphatic carbocycles. The van der Waals surface area contributed by atoms with Crippen LogP contribution in [0.4, 0.5) is 11.4 Å². The van der Waals surface area contributed by atoms with Crippen LogP contribution in [0, 0.1) is 0 Å². The highest BCUT2D eigenvalue weighted by molar-refractivity contribution is 7.25. The van der Waals surface area contributed by atoms with E-state index in [1.807, 2.05) is 54.6 Å². The summed E-state index contributed by atoms with van der Waals surface area (Å²) in [4.78, 5) is 23.1. The molecule has 0 fully saturated rings. The van der Waals surface area contributed by atoms with E-state index in [0.29, 0.717) is 10.2 Å². The van der Waals surface area contributed by atoms with Crippen molar-refractivity contribution < 1.29 is 9.47 Å². The third-order valence-corrected chi connectivity index (χ3v) is 6.08. The van der Waals surface area contributed by atoms with Gasteiger partial charge in [0.15, 0.2) is 0 Å². The zero-order valence-corrected chi connectivity index (χ0v) is 17.6. The fraction of sp³-hybridized carbons (Fsp3) is 0.0870. The van der Waals surface area contributed by atoms with Crippen LogP contribution in [0.1, 0.15) is 0 Å². The fourth-order valence-corrected chi connectivity index (χ4v) is 4.47. The van der Waals surface area contributed by atoms with Crippen molar-refractivity contribution in [1.29, 1.82) is 0 Å². The van der Waals surface area contributed by atoms with E-state index in [9.17, 15) is 4.79 Å². The summed E-state index contributed by atoms with van der Waals surface area (Å²) in [5.41, 5.74) is 2.98. The van der Waals surface area contributed by atoms with Gasteiger partial charge in [-0.1, -0.05) is 0 Å². The second-order valence-corrected chi connectivity index (χ2v) is 7.79. The van der Waals surface area contributed by atoms with E-state index >= 15 is 0 Å². The molecule has 2 aromatic carbocycles. The van der Waals surface area contributed by atoms with Crippen molar-refractivity contribution in [2.75, 3.05) is 19.5 Å². The van der Waals surface area contributed by atoms with Gasteiger partial charge in [0.1, 0.15) is 32.9 Å². The second-order valence-electron chi connectivity index (χ2n) is 6.79. The van der Waals surface area contributed by atoms with Crippen molar-refractivity contribution in [3.63, 3.8) is 0 Å². The van der Waals surface area contributed by atoms with E-state index in [4.69, 9.17) is 9.47 Å². The van der Waals surface area contributed by atoms with Crippen molar-refractivity contribution in [3.8, 4) is 17.2 Å². The number of nitrogens with zero attached hydrogens (tertiary/aromatic N) is 3. The number of methoxy groups -OCH3 is 2. The van der Waals surface area contributed by atoms with Crippen LogP contribution in [-0.4, -0.2) is 28.8 Å². The Morgan fingerprint density at radius 2 is 1.58 bits per heavy atom. The Morgan fingerprint density at radius 1 is 0.903 bits per heavy atom. The largest absolute Gasteiger partial charge is 0.497 e. The zero-order chi connectivity index (χ0) is 21.4. The monoisotopic (exact) mass is 430 g/mol. The Morgan fingerprint density at radius 3 is 2.26 bits per heavy atom. The first kappa shape index (κ1) is 19.1. The molecule has 0 saturated carbocycles. The molecule has 0 unspecified atom stereocenters. The highest BCUT2D eigenvalue weighted by Crippen LogP contribution is 2.35. The van der Waals surface area contributed by atoms with Crippen molar-refractivity contribution in [3.05, 3.63) is 77.5 Å². The molecule has 0 spiro atoms. The summed E-state index contributed by atoms with van der Waals surface area (Å²) < 4.78 is 12.5. The van der Waals surface area contributed by atoms with Gasteiger partial charge >= 0.3 is 0 Å². The number of ether oxygens (including phenoxy) is 2. The summed E-state index contributed by atoms with van der Waals surface area (Å²) in [6.07, 6.45) is 3.29. The lowest BCUT2D eigenvalue weighted by Crippen LogP contribution is -2.17. The van der Waals surface area contributed by atoms with Gasteiger partial charge < -0.3 is 14.8 Å². The Hall–Kier alpha value is -3.91. The van der Waals surface area contributed by atoms with Crippen molar-refractivity contribution in [1.82, 2.24) is 14.5 Å². The Bertz CT molecular complexity index is 1440. The molecule has 0 saturated heterocycles. The molecule has 0 aliphatic rings. The van der Waals surface area contributed by atoms with Gasteiger partial charge in [0.2, 0.25) is 0 Å². The number of rotatable bonds is 5. The molecule has 3 aromatic heterocycles. The predicted octanol–water partition coefficient (Wildman–Crippen LogP) is 4.76. The highest BCUT2D eigenvalue weighted by atomic mass is 32.1. The Balaban J connectivity index is 1.62. The lowest BCUT2D eigenvalue weighted by atomic mass is 10.2. The number of hydrogen-bond donors (Lipinski definition) is 1. The summed E-state index contributed by atoms with van der Waals surface area (Å²) in [6.45, 7) is 0. The van der Waals surface area contributed by atoms with Crippen LogP contribution < -0.4 is 20.3 Å². The third kappa shape index (κ3) is 3.36. The van der Waals surface area contributed by atoms with Crippen LogP contribution in [0.2, 0.25) is 0 Å². The molecular weight excluding hydrogens is 412 g/mol. The lowest BCUT2D eigenvalue weighted by Gasteiger charge is -2.09. The van der Waals surface area contributed by atoms with Gasteiger partial charge in [-0.15, -0.1) is 11.3 Å². The van der Waals surface area contributed by atoms with Crippen LogP contribution in [0.25, 0.3) is 26.1 Å². The van der Waals surface area contributed by atoms with E-state index in [1.165, 1.54) is 15.9 Å². The van der Waals surface area contributed by atoms with Gasteiger partial charge in [0, 0.05) is 11.9 Å². The average molecular weight is 430 g/mol. The molecular formula is C23H18N4O3S. The maximum atomic E-state index is 13.2. The second kappa shape index (κ2) is 7.73. The van der Waals surface area contributed by atoms with Gasteiger partial charge in [-0.05, 0) is 54.6 Å². The van der Waals surface area contributed by atoms with E-state index in [2.05, 4.69) is 15.3 Å². The maximum Gasteiger partial charge on any atom is 0.275 e. The molecule has 0 radical (unpaired) electrons. The molecule has 7 nitrogen and oxygen atoms in total. The topological polar surface area (TPSA) is 78.3 Å². The molecule has 0 atom stereocenters. The first-order chi connectivity index (χ1) is 15.2. The molecule has 5 aromatic rings. The maximum absolute atomic E-state index is 13.2.